The second-order valence-electron chi connectivity index (χ2n) is 9.83. The molecule has 10 heteroatoms. The van der Waals surface area contributed by atoms with E-state index in [0.29, 0.717) is 5.69 Å². The van der Waals surface area contributed by atoms with Crippen molar-refractivity contribution in [2.75, 3.05) is 18.1 Å². The van der Waals surface area contributed by atoms with Gasteiger partial charge in [-0.15, -0.1) is 0 Å². The van der Waals surface area contributed by atoms with Crippen molar-refractivity contribution in [2.24, 2.45) is 11.8 Å². The number of aromatic nitrogens is 1. The zero-order chi connectivity index (χ0) is 25.8. The summed E-state index contributed by atoms with van der Waals surface area (Å²) in [5, 5.41) is 15.9. The molecule has 0 radical (unpaired) electrons. The first-order valence-corrected chi connectivity index (χ1v) is 13.6. The lowest BCUT2D eigenvalue weighted by Gasteiger charge is -2.32. The number of aliphatic hydroxyl groups is 1. The summed E-state index contributed by atoms with van der Waals surface area (Å²) in [6.07, 6.45) is 4.96. The van der Waals surface area contributed by atoms with Crippen molar-refractivity contribution in [3.63, 3.8) is 0 Å². The zero-order valence-corrected chi connectivity index (χ0v) is 21.6. The Morgan fingerprint density at radius 3 is 2.67 bits per heavy atom. The second kappa shape index (κ2) is 9.17. The van der Waals surface area contributed by atoms with E-state index in [9.17, 15) is 17.9 Å². The van der Waals surface area contributed by atoms with Crippen LogP contribution in [-0.2, 0) is 10.0 Å². The molecule has 3 atom stereocenters. The molecule has 3 aliphatic rings. The maximum atomic E-state index is 13.6. The fraction of sp³-hybridized carbons (Fsp3) is 0.423. The van der Waals surface area contributed by atoms with Crippen LogP contribution in [0.1, 0.15) is 38.1 Å². The van der Waals surface area contributed by atoms with Gasteiger partial charge in [0.15, 0.2) is 5.76 Å². The minimum Gasteiger partial charge on any atom is -0.392 e. The molecule has 0 saturated heterocycles. The number of fused-ring (bicyclic) bond motifs is 1. The molecular formula is C26H31FN4O4S. The first-order valence-electron chi connectivity index (χ1n) is 12.2. The number of allylic oxidation sites excluding steroid dienone is 3. The third-order valence-corrected chi connectivity index (χ3v) is 9.32. The average Bonchev–Trinajstić information content (AvgIpc) is 3.51. The van der Waals surface area contributed by atoms with Gasteiger partial charge in [0, 0.05) is 30.8 Å². The SMILES string of the molecule is Cc1noc(C)c1S(=O)(=O)N(C[C@H]1CCC2=C1[C@@H](C)C1=CNN(c3ccc(F)cc3)C1=C2)C[C@@H](C)O. The van der Waals surface area contributed by atoms with Gasteiger partial charge in [-0.05, 0) is 75.4 Å². The monoisotopic (exact) mass is 514 g/mol. The van der Waals surface area contributed by atoms with Crippen LogP contribution in [0, 0.1) is 31.5 Å². The highest BCUT2D eigenvalue weighted by molar-refractivity contribution is 7.89. The number of nitrogens with one attached hydrogen (secondary N) is 1. The van der Waals surface area contributed by atoms with Crippen molar-refractivity contribution in [1.29, 1.82) is 0 Å². The maximum Gasteiger partial charge on any atom is 0.248 e. The van der Waals surface area contributed by atoms with Crippen molar-refractivity contribution in [3.8, 4) is 0 Å². The number of rotatable bonds is 7. The standard InChI is InChI=1S/C26H31FN4O4S/c1-15(32)13-30(36(33,34)26-17(3)29-35-18(26)4)14-20-6-5-19-11-24-23(16(2)25(19)20)12-28-31(24)22-9-7-21(27)8-10-22/h7-12,15-16,20,28,32H,5-6,13-14H2,1-4H3/t15-,16+,20-/m1/s1. The predicted octanol–water partition coefficient (Wildman–Crippen LogP) is 3.95. The average molecular weight is 515 g/mol. The Morgan fingerprint density at radius 1 is 1.31 bits per heavy atom. The van der Waals surface area contributed by atoms with E-state index in [1.165, 1.54) is 27.6 Å². The Balaban J connectivity index is 1.46. The van der Waals surface area contributed by atoms with E-state index in [4.69, 9.17) is 4.52 Å². The van der Waals surface area contributed by atoms with Gasteiger partial charge in [0.2, 0.25) is 10.0 Å². The van der Waals surface area contributed by atoms with Crippen molar-refractivity contribution in [3.05, 3.63) is 76.2 Å². The van der Waals surface area contributed by atoms with Crippen molar-refractivity contribution in [2.45, 2.75) is 51.5 Å². The number of hydrazine groups is 1. The van der Waals surface area contributed by atoms with Gasteiger partial charge in [-0.2, -0.15) is 4.31 Å². The van der Waals surface area contributed by atoms with Crippen molar-refractivity contribution < 1.29 is 22.4 Å². The molecule has 2 N–H and O–H groups in total. The highest BCUT2D eigenvalue weighted by atomic mass is 32.2. The molecule has 0 fully saturated rings. The summed E-state index contributed by atoms with van der Waals surface area (Å²) < 4.78 is 47.2. The van der Waals surface area contributed by atoms with E-state index in [0.717, 1.165) is 29.8 Å². The van der Waals surface area contributed by atoms with Gasteiger partial charge in [-0.3, -0.25) is 5.01 Å². The molecule has 0 spiro atoms. The van der Waals surface area contributed by atoms with Crippen LogP contribution in [0.3, 0.4) is 0 Å². The molecular weight excluding hydrogens is 483 g/mol. The van der Waals surface area contributed by atoms with Gasteiger partial charge in [-0.1, -0.05) is 17.7 Å². The molecule has 1 aromatic heterocycles. The number of aliphatic hydroxyl groups excluding tert-OH is 1. The number of hydrogen-bond donors (Lipinski definition) is 2. The van der Waals surface area contributed by atoms with Crippen LogP contribution in [0.5, 0.6) is 0 Å². The first-order chi connectivity index (χ1) is 17.1. The quantitative estimate of drug-likeness (QED) is 0.577. The molecule has 5 rings (SSSR count). The number of benzene rings is 1. The molecule has 2 aromatic rings. The number of aryl methyl sites for hydroxylation is 2. The van der Waals surface area contributed by atoms with Crippen LogP contribution in [-0.4, -0.2) is 42.2 Å². The first kappa shape index (κ1) is 24.7. The number of hydrogen-bond acceptors (Lipinski definition) is 7. The van der Waals surface area contributed by atoms with Crippen LogP contribution in [0.4, 0.5) is 10.1 Å². The van der Waals surface area contributed by atoms with Crippen LogP contribution in [0.25, 0.3) is 0 Å². The molecule has 1 aliphatic heterocycles. The molecule has 8 nitrogen and oxygen atoms in total. The lowest BCUT2D eigenvalue weighted by Crippen LogP contribution is -2.40. The fourth-order valence-electron chi connectivity index (χ4n) is 5.69. The minimum absolute atomic E-state index is 0.0103. The van der Waals surface area contributed by atoms with Gasteiger partial charge in [0.25, 0.3) is 0 Å². The molecule has 0 bridgehead atoms. The van der Waals surface area contributed by atoms with Crippen LogP contribution >= 0.6 is 0 Å². The topological polar surface area (TPSA) is 98.9 Å². The summed E-state index contributed by atoms with van der Waals surface area (Å²) in [6.45, 7) is 7.19. The van der Waals surface area contributed by atoms with Gasteiger partial charge >= 0.3 is 0 Å². The predicted molar refractivity (Wildman–Crippen MR) is 134 cm³/mol. The number of anilines is 1. The van der Waals surface area contributed by atoms with E-state index >= 15 is 0 Å². The summed E-state index contributed by atoms with van der Waals surface area (Å²) in [5.74, 6) is 0.0633. The number of nitrogens with zero attached hydrogens (tertiary/aromatic N) is 3. The molecule has 0 saturated carbocycles. The largest absolute Gasteiger partial charge is 0.392 e. The summed E-state index contributed by atoms with van der Waals surface area (Å²) in [5.41, 5.74) is 9.03. The third-order valence-electron chi connectivity index (χ3n) is 7.24. The summed E-state index contributed by atoms with van der Waals surface area (Å²) in [4.78, 5) is 0.0758. The Labute approximate surface area is 210 Å². The molecule has 0 amide bonds. The van der Waals surface area contributed by atoms with E-state index in [-0.39, 0.29) is 41.4 Å². The van der Waals surface area contributed by atoms with Gasteiger partial charge in [0.1, 0.15) is 16.4 Å². The highest BCUT2D eigenvalue weighted by Gasteiger charge is 2.41. The molecule has 36 heavy (non-hydrogen) atoms. The Hall–Kier alpha value is -2.95. The highest BCUT2D eigenvalue weighted by Crippen LogP contribution is 2.48. The van der Waals surface area contributed by atoms with E-state index in [1.807, 2.05) is 11.2 Å². The van der Waals surface area contributed by atoms with Crippen LogP contribution in [0.2, 0.25) is 0 Å². The van der Waals surface area contributed by atoms with Crippen molar-refractivity contribution in [1.82, 2.24) is 14.9 Å². The van der Waals surface area contributed by atoms with Crippen molar-refractivity contribution >= 4 is 15.7 Å². The van der Waals surface area contributed by atoms with E-state index in [1.54, 1.807) is 32.9 Å². The van der Waals surface area contributed by atoms with Crippen LogP contribution in [0.15, 0.2) is 68.4 Å². The lowest BCUT2D eigenvalue weighted by molar-refractivity contribution is 0.158. The summed E-state index contributed by atoms with van der Waals surface area (Å²) >= 11 is 0. The smallest absolute Gasteiger partial charge is 0.248 e. The Morgan fingerprint density at radius 2 is 2.03 bits per heavy atom. The molecule has 192 valence electrons. The lowest BCUT2D eigenvalue weighted by atomic mass is 9.80. The molecule has 2 heterocycles. The summed E-state index contributed by atoms with van der Waals surface area (Å²) in [7, 11) is -3.91. The normalized spacial score (nSPS) is 22.4. The van der Waals surface area contributed by atoms with E-state index in [2.05, 4.69) is 23.6 Å². The van der Waals surface area contributed by atoms with E-state index < -0.39 is 16.1 Å². The number of sulfonamides is 1. The second-order valence-corrected chi connectivity index (χ2v) is 11.7. The molecule has 0 unspecified atom stereocenters. The zero-order valence-electron chi connectivity index (χ0n) is 20.8. The van der Waals surface area contributed by atoms with Gasteiger partial charge in [0.05, 0.1) is 17.5 Å². The fourth-order valence-corrected chi connectivity index (χ4v) is 7.55. The minimum atomic E-state index is -3.91. The Bertz CT molecular complexity index is 1360. The van der Waals surface area contributed by atoms with Gasteiger partial charge in [-0.25, -0.2) is 12.8 Å². The third kappa shape index (κ3) is 4.16. The maximum absolute atomic E-state index is 13.6. The molecule has 2 aliphatic carbocycles. The molecule has 1 aromatic carbocycles. The van der Waals surface area contributed by atoms with Gasteiger partial charge < -0.3 is 15.1 Å². The summed E-state index contributed by atoms with van der Waals surface area (Å²) in [6, 6.07) is 6.35. The Kier molecular flexibility index (Phi) is 6.30. The number of halogens is 1. The van der Waals surface area contributed by atoms with Crippen LogP contribution < -0.4 is 10.4 Å².